The van der Waals surface area contributed by atoms with Gasteiger partial charge in [0.1, 0.15) is 4.90 Å². The van der Waals surface area contributed by atoms with Crippen molar-refractivity contribution in [1.29, 1.82) is 0 Å². The first kappa shape index (κ1) is 14.6. The summed E-state index contributed by atoms with van der Waals surface area (Å²) in [4.78, 5) is 0.998. The molecule has 7 heteroatoms. The van der Waals surface area contributed by atoms with E-state index in [2.05, 4.69) is 0 Å². The highest BCUT2D eigenvalue weighted by atomic mass is 35.5. The summed E-state index contributed by atoms with van der Waals surface area (Å²) in [6.07, 6.45) is 0. The second kappa shape index (κ2) is 5.44. The van der Waals surface area contributed by atoms with Crippen LogP contribution >= 0.6 is 23.4 Å². The van der Waals surface area contributed by atoms with Gasteiger partial charge < -0.3 is 5.73 Å². The molecule has 1 aliphatic rings. The molecule has 0 aromatic heterocycles. The van der Waals surface area contributed by atoms with Crippen molar-refractivity contribution in [3.05, 3.63) is 47.5 Å². The van der Waals surface area contributed by atoms with Gasteiger partial charge in [-0.25, -0.2) is 8.42 Å². The van der Waals surface area contributed by atoms with E-state index in [1.165, 1.54) is 16.4 Å². The first-order valence-electron chi connectivity index (χ1n) is 6.30. The minimum atomic E-state index is -3.72. The topological polar surface area (TPSA) is 63.4 Å². The van der Waals surface area contributed by atoms with E-state index in [0.717, 1.165) is 4.90 Å². The average molecular weight is 341 g/mol. The second-order valence-corrected chi connectivity index (χ2v) is 7.96. The molecule has 0 saturated carbocycles. The van der Waals surface area contributed by atoms with E-state index in [1.54, 1.807) is 23.9 Å². The van der Waals surface area contributed by atoms with Crippen molar-refractivity contribution >= 4 is 44.8 Å². The first-order chi connectivity index (χ1) is 10.00. The van der Waals surface area contributed by atoms with Crippen LogP contribution in [-0.2, 0) is 10.0 Å². The summed E-state index contributed by atoms with van der Waals surface area (Å²) in [5.74, 6) is 0.705. The maximum Gasteiger partial charge on any atom is 0.265 e. The number of sulfonamides is 1. The van der Waals surface area contributed by atoms with Crippen molar-refractivity contribution in [2.24, 2.45) is 0 Å². The van der Waals surface area contributed by atoms with Crippen molar-refractivity contribution in [1.82, 2.24) is 0 Å². The Labute approximate surface area is 132 Å². The van der Waals surface area contributed by atoms with E-state index in [0.29, 0.717) is 23.7 Å². The molecule has 2 aromatic carbocycles. The summed E-state index contributed by atoms with van der Waals surface area (Å²) in [7, 11) is -3.72. The van der Waals surface area contributed by atoms with Gasteiger partial charge in [0.2, 0.25) is 0 Å². The SMILES string of the molecule is Nc1ccc(Cl)c(S(=O)(=O)N2CCSc3ccccc32)c1. The Kier molecular flexibility index (Phi) is 3.77. The lowest BCUT2D eigenvalue weighted by Gasteiger charge is -2.30. The number of rotatable bonds is 2. The Balaban J connectivity index is 2.14. The molecule has 21 heavy (non-hydrogen) atoms. The number of halogens is 1. The van der Waals surface area contributed by atoms with Crippen LogP contribution in [0.1, 0.15) is 0 Å². The van der Waals surface area contributed by atoms with Crippen LogP contribution in [-0.4, -0.2) is 20.7 Å². The molecule has 4 nitrogen and oxygen atoms in total. The van der Waals surface area contributed by atoms with Gasteiger partial charge in [0, 0.05) is 22.9 Å². The van der Waals surface area contributed by atoms with Gasteiger partial charge in [0.05, 0.1) is 10.7 Å². The van der Waals surface area contributed by atoms with Crippen LogP contribution in [0.25, 0.3) is 0 Å². The summed E-state index contributed by atoms with van der Waals surface area (Å²) < 4.78 is 27.2. The number of fused-ring (bicyclic) bond motifs is 1. The fourth-order valence-electron chi connectivity index (χ4n) is 2.23. The second-order valence-electron chi connectivity index (χ2n) is 4.58. The van der Waals surface area contributed by atoms with Crippen LogP contribution in [0.4, 0.5) is 11.4 Å². The molecule has 0 fully saturated rings. The van der Waals surface area contributed by atoms with Crippen molar-refractivity contribution in [2.75, 3.05) is 22.3 Å². The molecular weight excluding hydrogens is 328 g/mol. The van der Waals surface area contributed by atoms with Crippen LogP contribution in [0, 0.1) is 0 Å². The van der Waals surface area contributed by atoms with Gasteiger partial charge >= 0.3 is 0 Å². The fraction of sp³-hybridized carbons (Fsp3) is 0.143. The van der Waals surface area contributed by atoms with Crippen LogP contribution in [0.5, 0.6) is 0 Å². The maximum atomic E-state index is 12.9. The minimum absolute atomic E-state index is 0.0471. The fourth-order valence-corrected chi connectivity index (χ4v) is 5.40. The van der Waals surface area contributed by atoms with Crippen LogP contribution in [0.15, 0.2) is 52.3 Å². The molecule has 0 amide bonds. The first-order valence-corrected chi connectivity index (χ1v) is 9.10. The monoisotopic (exact) mass is 340 g/mol. The highest BCUT2D eigenvalue weighted by Crippen LogP contribution is 2.38. The quantitative estimate of drug-likeness (QED) is 0.852. The van der Waals surface area contributed by atoms with Crippen LogP contribution in [0.3, 0.4) is 0 Å². The Morgan fingerprint density at radius 1 is 1.19 bits per heavy atom. The van der Waals surface area contributed by atoms with E-state index >= 15 is 0 Å². The summed E-state index contributed by atoms with van der Waals surface area (Å²) >= 11 is 7.71. The van der Waals surface area contributed by atoms with Crippen molar-refractivity contribution in [3.8, 4) is 0 Å². The van der Waals surface area contributed by atoms with Crippen LogP contribution < -0.4 is 10.0 Å². The summed E-state index contributed by atoms with van der Waals surface area (Å²) in [6.45, 7) is 0.412. The standard InChI is InChI=1S/C14H13ClN2O2S2/c15-11-6-5-10(16)9-14(11)21(18,19)17-7-8-20-13-4-2-1-3-12(13)17/h1-6,9H,7-8,16H2. The van der Waals surface area contributed by atoms with Crippen molar-refractivity contribution in [3.63, 3.8) is 0 Å². The molecule has 0 radical (unpaired) electrons. The summed E-state index contributed by atoms with van der Waals surface area (Å²) in [6, 6.07) is 11.9. The van der Waals surface area contributed by atoms with Gasteiger partial charge in [-0.15, -0.1) is 11.8 Å². The van der Waals surface area contributed by atoms with E-state index in [4.69, 9.17) is 17.3 Å². The Bertz CT molecular complexity index is 793. The maximum absolute atomic E-state index is 12.9. The largest absolute Gasteiger partial charge is 0.399 e. The Morgan fingerprint density at radius 2 is 1.95 bits per heavy atom. The molecule has 3 rings (SSSR count). The van der Waals surface area contributed by atoms with Crippen molar-refractivity contribution in [2.45, 2.75) is 9.79 Å². The lowest BCUT2D eigenvalue weighted by molar-refractivity contribution is 0.591. The molecule has 2 N–H and O–H groups in total. The van der Waals surface area contributed by atoms with E-state index in [1.807, 2.05) is 18.2 Å². The lowest BCUT2D eigenvalue weighted by Crippen LogP contribution is -2.35. The number of benzene rings is 2. The highest BCUT2D eigenvalue weighted by Gasteiger charge is 2.30. The highest BCUT2D eigenvalue weighted by molar-refractivity contribution is 8.00. The molecule has 2 aromatic rings. The predicted molar refractivity (Wildman–Crippen MR) is 87.6 cm³/mol. The number of para-hydroxylation sites is 1. The number of anilines is 2. The Morgan fingerprint density at radius 3 is 2.76 bits per heavy atom. The van der Waals surface area contributed by atoms with Crippen molar-refractivity contribution < 1.29 is 8.42 Å². The molecule has 0 unspecified atom stereocenters. The van der Waals surface area contributed by atoms with Gasteiger partial charge in [-0.1, -0.05) is 23.7 Å². The molecule has 0 spiro atoms. The number of hydrogen-bond acceptors (Lipinski definition) is 4. The normalized spacial score (nSPS) is 14.8. The number of thioether (sulfide) groups is 1. The summed E-state index contributed by atoms with van der Waals surface area (Å²) in [5.41, 5.74) is 6.76. The smallest absolute Gasteiger partial charge is 0.265 e. The number of nitrogen functional groups attached to an aromatic ring is 1. The minimum Gasteiger partial charge on any atom is -0.399 e. The van der Waals surface area contributed by atoms with Crippen LogP contribution in [0.2, 0.25) is 5.02 Å². The zero-order valence-corrected chi connectivity index (χ0v) is 13.4. The molecule has 0 bridgehead atoms. The molecule has 0 aliphatic carbocycles. The molecule has 0 atom stereocenters. The third-order valence-corrected chi connectivity index (χ3v) is 6.55. The predicted octanol–water partition coefficient (Wildman–Crippen LogP) is 3.22. The molecule has 1 aliphatic heterocycles. The lowest BCUT2D eigenvalue weighted by atomic mass is 10.3. The number of nitrogens with zero attached hydrogens (tertiary/aromatic N) is 1. The molecule has 110 valence electrons. The molecule has 1 heterocycles. The van der Waals surface area contributed by atoms with Gasteiger partial charge in [-0.2, -0.15) is 0 Å². The molecular formula is C14H13ClN2O2S2. The number of nitrogens with two attached hydrogens (primary N) is 1. The summed E-state index contributed by atoms with van der Waals surface area (Å²) in [5, 5.41) is 0.180. The van der Waals surface area contributed by atoms with Gasteiger partial charge in [-0.05, 0) is 30.3 Å². The number of hydrogen-bond donors (Lipinski definition) is 1. The van der Waals surface area contributed by atoms with E-state index < -0.39 is 10.0 Å². The van der Waals surface area contributed by atoms with Gasteiger partial charge in [-0.3, -0.25) is 4.31 Å². The zero-order chi connectivity index (χ0) is 15.0. The zero-order valence-electron chi connectivity index (χ0n) is 11.0. The third-order valence-electron chi connectivity index (χ3n) is 3.21. The Hall–Kier alpha value is -1.37. The average Bonchev–Trinajstić information content (AvgIpc) is 2.49. The van der Waals surface area contributed by atoms with E-state index in [9.17, 15) is 8.42 Å². The third kappa shape index (κ3) is 2.59. The van der Waals surface area contributed by atoms with Gasteiger partial charge in [0.15, 0.2) is 0 Å². The molecule has 0 saturated heterocycles. The van der Waals surface area contributed by atoms with Gasteiger partial charge in [0.25, 0.3) is 10.0 Å². The van der Waals surface area contributed by atoms with E-state index in [-0.39, 0.29) is 9.92 Å².